The number of aliphatic hydroxyl groups is 1. The molecule has 0 spiro atoms. The van der Waals surface area contributed by atoms with Gasteiger partial charge in [-0.25, -0.2) is 4.39 Å². The van der Waals surface area contributed by atoms with Gasteiger partial charge in [-0.1, -0.05) is 17.7 Å². The number of hydrogen-bond donors (Lipinski definition) is 1. The SMILES string of the molecule is C[C@H](O)c1ccc(Oc2cc([N+](=O)[O-])ccc2Cl)c(F)c1. The maximum Gasteiger partial charge on any atom is 0.273 e. The Morgan fingerprint density at radius 3 is 2.57 bits per heavy atom. The van der Waals surface area contributed by atoms with Gasteiger partial charge in [0.1, 0.15) is 0 Å². The third-order valence-electron chi connectivity index (χ3n) is 2.78. The van der Waals surface area contributed by atoms with Gasteiger partial charge in [0.05, 0.1) is 22.1 Å². The van der Waals surface area contributed by atoms with Crippen LogP contribution in [0, 0.1) is 15.9 Å². The van der Waals surface area contributed by atoms with Gasteiger partial charge in [0.15, 0.2) is 17.3 Å². The summed E-state index contributed by atoms with van der Waals surface area (Å²) in [5.74, 6) is -0.854. The van der Waals surface area contributed by atoms with E-state index in [0.29, 0.717) is 5.56 Å². The van der Waals surface area contributed by atoms with Crippen LogP contribution in [0.3, 0.4) is 0 Å². The van der Waals surface area contributed by atoms with Crippen molar-refractivity contribution < 1.29 is 19.2 Å². The highest BCUT2D eigenvalue weighted by molar-refractivity contribution is 6.32. The van der Waals surface area contributed by atoms with Crippen molar-refractivity contribution in [3.8, 4) is 11.5 Å². The summed E-state index contributed by atoms with van der Waals surface area (Å²) in [4.78, 5) is 10.1. The summed E-state index contributed by atoms with van der Waals surface area (Å²) < 4.78 is 19.1. The van der Waals surface area contributed by atoms with Crippen molar-refractivity contribution in [1.29, 1.82) is 0 Å². The molecule has 0 aromatic heterocycles. The van der Waals surface area contributed by atoms with E-state index in [4.69, 9.17) is 16.3 Å². The van der Waals surface area contributed by atoms with E-state index in [1.165, 1.54) is 31.2 Å². The predicted molar refractivity (Wildman–Crippen MR) is 75.2 cm³/mol. The largest absolute Gasteiger partial charge is 0.452 e. The van der Waals surface area contributed by atoms with Crippen LogP contribution in [-0.4, -0.2) is 10.0 Å². The fourth-order valence-corrected chi connectivity index (χ4v) is 1.82. The van der Waals surface area contributed by atoms with Crippen molar-refractivity contribution in [2.75, 3.05) is 0 Å². The van der Waals surface area contributed by atoms with Gasteiger partial charge < -0.3 is 9.84 Å². The quantitative estimate of drug-likeness (QED) is 0.677. The molecular formula is C14H11ClFNO4. The summed E-state index contributed by atoms with van der Waals surface area (Å²) in [6.45, 7) is 1.51. The van der Waals surface area contributed by atoms with Crippen LogP contribution in [-0.2, 0) is 0 Å². The molecule has 21 heavy (non-hydrogen) atoms. The van der Waals surface area contributed by atoms with Gasteiger partial charge in [-0.05, 0) is 30.7 Å². The number of benzene rings is 2. The molecule has 2 rings (SSSR count). The Kier molecular flexibility index (Phi) is 4.40. The molecule has 110 valence electrons. The van der Waals surface area contributed by atoms with Crippen LogP contribution in [0.5, 0.6) is 11.5 Å². The minimum Gasteiger partial charge on any atom is -0.452 e. The molecule has 0 unspecified atom stereocenters. The van der Waals surface area contributed by atoms with Crippen LogP contribution in [0.15, 0.2) is 36.4 Å². The molecule has 0 saturated heterocycles. The topological polar surface area (TPSA) is 72.6 Å². The lowest BCUT2D eigenvalue weighted by molar-refractivity contribution is -0.384. The van der Waals surface area contributed by atoms with Crippen molar-refractivity contribution in [2.24, 2.45) is 0 Å². The number of rotatable bonds is 4. The smallest absolute Gasteiger partial charge is 0.273 e. The lowest BCUT2D eigenvalue weighted by Crippen LogP contribution is -1.95. The summed E-state index contributed by atoms with van der Waals surface area (Å²) in [6.07, 6.45) is -0.810. The van der Waals surface area contributed by atoms with Crippen LogP contribution in [0.1, 0.15) is 18.6 Å². The first-order valence-electron chi connectivity index (χ1n) is 5.98. The molecule has 0 heterocycles. The zero-order valence-corrected chi connectivity index (χ0v) is 11.7. The Hall–Kier alpha value is -2.18. The lowest BCUT2D eigenvalue weighted by atomic mass is 10.1. The molecule has 0 radical (unpaired) electrons. The second-order valence-electron chi connectivity index (χ2n) is 4.34. The Morgan fingerprint density at radius 2 is 2.00 bits per heavy atom. The zero-order chi connectivity index (χ0) is 15.6. The summed E-state index contributed by atoms with van der Waals surface area (Å²) in [5, 5.41) is 20.2. The average Bonchev–Trinajstić information content (AvgIpc) is 2.42. The van der Waals surface area contributed by atoms with E-state index >= 15 is 0 Å². The van der Waals surface area contributed by atoms with E-state index in [1.54, 1.807) is 0 Å². The van der Waals surface area contributed by atoms with Crippen LogP contribution < -0.4 is 4.74 Å². The van der Waals surface area contributed by atoms with Gasteiger partial charge >= 0.3 is 0 Å². The van der Waals surface area contributed by atoms with Crippen molar-refractivity contribution in [2.45, 2.75) is 13.0 Å². The highest BCUT2D eigenvalue weighted by Gasteiger charge is 2.14. The van der Waals surface area contributed by atoms with E-state index in [-0.39, 0.29) is 22.2 Å². The van der Waals surface area contributed by atoms with Gasteiger partial charge in [-0.15, -0.1) is 0 Å². The second-order valence-corrected chi connectivity index (χ2v) is 4.75. The molecule has 0 fully saturated rings. The van der Waals surface area contributed by atoms with E-state index in [1.807, 2.05) is 0 Å². The standard InChI is InChI=1S/C14H11ClFNO4/c1-8(18)9-2-5-13(12(16)6-9)21-14-7-10(17(19)20)3-4-11(14)15/h2-8,18H,1H3/t8-/m0/s1. The fraction of sp³-hybridized carbons (Fsp3) is 0.143. The lowest BCUT2D eigenvalue weighted by Gasteiger charge is -2.10. The number of non-ortho nitro benzene ring substituents is 1. The van der Waals surface area contributed by atoms with Crippen LogP contribution in [0.4, 0.5) is 10.1 Å². The summed E-state index contributed by atoms with van der Waals surface area (Å²) in [6, 6.07) is 7.59. The molecule has 2 aromatic carbocycles. The first-order valence-corrected chi connectivity index (χ1v) is 6.35. The number of nitro benzene ring substituents is 1. The van der Waals surface area contributed by atoms with E-state index in [2.05, 4.69) is 0 Å². The number of halogens is 2. The Balaban J connectivity index is 2.34. The highest BCUT2D eigenvalue weighted by atomic mass is 35.5. The van der Waals surface area contributed by atoms with Gasteiger partial charge in [-0.2, -0.15) is 0 Å². The molecule has 2 aromatic rings. The van der Waals surface area contributed by atoms with Crippen LogP contribution >= 0.6 is 11.6 Å². The molecule has 0 bridgehead atoms. The number of aliphatic hydroxyl groups excluding tert-OH is 1. The molecule has 5 nitrogen and oxygen atoms in total. The molecule has 0 amide bonds. The Bertz CT molecular complexity index is 691. The van der Waals surface area contributed by atoms with Gasteiger partial charge in [0, 0.05) is 6.07 Å². The van der Waals surface area contributed by atoms with Crippen molar-refractivity contribution in [3.05, 3.63) is 62.9 Å². The molecule has 0 aliphatic heterocycles. The maximum atomic E-state index is 13.9. The first kappa shape index (κ1) is 15.2. The summed E-state index contributed by atoms with van der Waals surface area (Å²) in [7, 11) is 0. The monoisotopic (exact) mass is 311 g/mol. The summed E-state index contributed by atoms with van der Waals surface area (Å²) >= 11 is 5.87. The third-order valence-corrected chi connectivity index (χ3v) is 3.10. The van der Waals surface area contributed by atoms with Crippen LogP contribution in [0.2, 0.25) is 5.02 Å². The molecule has 7 heteroatoms. The van der Waals surface area contributed by atoms with Crippen molar-refractivity contribution >= 4 is 17.3 Å². The maximum absolute atomic E-state index is 13.9. The number of nitro groups is 1. The number of hydrogen-bond acceptors (Lipinski definition) is 4. The van der Waals surface area contributed by atoms with Crippen LogP contribution in [0.25, 0.3) is 0 Å². The normalized spacial score (nSPS) is 12.0. The molecule has 0 aliphatic rings. The van der Waals surface area contributed by atoms with Gasteiger partial charge in [-0.3, -0.25) is 10.1 Å². The number of nitrogens with zero attached hydrogens (tertiary/aromatic N) is 1. The molecule has 0 saturated carbocycles. The third kappa shape index (κ3) is 3.48. The summed E-state index contributed by atoms with van der Waals surface area (Å²) in [5.41, 5.74) is 0.181. The van der Waals surface area contributed by atoms with Gasteiger partial charge in [0.25, 0.3) is 5.69 Å². The fourth-order valence-electron chi connectivity index (χ4n) is 1.66. The number of ether oxygens (including phenoxy) is 1. The predicted octanol–water partition coefficient (Wildman–Crippen LogP) is 4.23. The zero-order valence-electron chi connectivity index (χ0n) is 10.9. The van der Waals surface area contributed by atoms with Crippen molar-refractivity contribution in [1.82, 2.24) is 0 Å². The molecule has 1 N–H and O–H groups in total. The molecule has 1 atom stereocenters. The highest BCUT2D eigenvalue weighted by Crippen LogP contribution is 2.34. The minimum absolute atomic E-state index is 0.0189. The Morgan fingerprint density at radius 1 is 1.29 bits per heavy atom. The van der Waals surface area contributed by atoms with E-state index in [0.717, 1.165) is 12.1 Å². The Labute approximate surface area is 124 Å². The average molecular weight is 312 g/mol. The second kappa shape index (κ2) is 6.07. The molecule has 0 aliphatic carbocycles. The van der Waals surface area contributed by atoms with Crippen molar-refractivity contribution in [3.63, 3.8) is 0 Å². The minimum atomic E-state index is -0.810. The first-order chi connectivity index (χ1) is 9.88. The van der Waals surface area contributed by atoms with E-state index in [9.17, 15) is 19.6 Å². The molecular weight excluding hydrogens is 301 g/mol. The van der Waals surface area contributed by atoms with Gasteiger partial charge in [0.2, 0.25) is 0 Å². The van der Waals surface area contributed by atoms with E-state index < -0.39 is 16.8 Å².